The molecule has 3 aromatic rings. The fraction of sp³-hybridized carbons (Fsp3) is 0.174. The Bertz CT molecular complexity index is 1100. The highest BCUT2D eigenvalue weighted by atomic mass is 32.1. The fourth-order valence-corrected chi connectivity index (χ4v) is 3.24. The number of esters is 1. The zero-order valence-electron chi connectivity index (χ0n) is 17.0. The van der Waals surface area contributed by atoms with Crippen LogP contribution < -0.4 is 9.64 Å². The van der Waals surface area contributed by atoms with Crippen molar-refractivity contribution >= 4 is 29.1 Å². The number of ether oxygens (including phenoxy) is 2. The van der Waals surface area contributed by atoms with Crippen LogP contribution in [-0.2, 0) is 22.7 Å². The van der Waals surface area contributed by atoms with Crippen molar-refractivity contribution in [1.29, 1.82) is 5.26 Å². The Morgan fingerprint density at radius 1 is 1.16 bits per heavy atom. The minimum atomic E-state index is -0.712. The lowest BCUT2D eigenvalue weighted by Gasteiger charge is -2.11. The minimum Gasteiger partial charge on any atom is -0.486 e. The second kappa shape index (κ2) is 10.4. The van der Waals surface area contributed by atoms with E-state index < -0.39 is 5.97 Å². The molecule has 31 heavy (non-hydrogen) atoms. The van der Waals surface area contributed by atoms with Gasteiger partial charge in [0.25, 0.3) is 0 Å². The predicted octanol–water partition coefficient (Wildman–Crippen LogP) is 4.58. The van der Waals surface area contributed by atoms with Crippen LogP contribution in [-0.4, -0.2) is 25.0 Å². The lowest BCUT2D eigenvalue weighted by molar-refractivity contribution is -0.139. The standard InChI is InChI=1S/C23H20FN3O3S/c1-27(2)20-7-3-16(4-8-20)11-17(12-25)23(28)30-13-19-15-31-22(26-19)14-29-21-9-5-18(24)6-10-21/h3-11,15H,13-14H2,1-2H3. The molecule has 158 valence electrons. The third-order valence-electron chi connectivity index (χ3n) is 4.19. The summed E-state index contributed by atoms with van der Waals surface area (Å²) in [6.07, 6.45) is 1.49. The van der Waals surface area contributed by atoms with Gasteiger partial charge >= 0.3 is 5.97 Å². The monoisotopic (exact) mass is 437 g/mol. The predicted molar refractivity (Wildman–Crippen MR) is 117 cm³/mol. The van der Waals surface area contributed by atoms with E-state index in [1.54, 1.807) is 5.38 Å². The first-order chi connectivity index (χ1) is 14.9. The Labute approximate surface area is 183 Å². The third-order valence-corrected chi connectivity index (χ3v) is 5.06. The summed E-state index contributed by atoms with van der Waals surface area (Å²) >= 11 is 1.36. The van der Waals surface area contributed by atoms with Crippen LogP contribution >= 0.6 is 11.3 Å². The molecule has 0 fully saturated rings. The van der Waals surface area contributed by atoms with Crippen LogP contribution in [0.3, 0.4) is 0 Å². The zero-order chi connectivity index (χ0) is 22.2. The second-order valence-corrected chi connectivity index (χ2v) is 7.65. The van der Waals surface area contributed by atoms with Gasteiger partial charge in [-0.25, -0.2) is 14.2 Å². The highest BCUT2D eigenvalue weighted by Gasteiger charge is 2.13. The van der Waals surface area contributed by atoms with Crippen molar-refractivity contribution in [3.63, 3.8) is 0 Å². The molecule has 1 aromatic heterocycles. The Morgan fingerprint density at radius 2 is 1.87 bits per heavy atom. The van der Waals surface area contributed by atoms with E-state index in [1.165, 1.54) is 41.7 Å². The van der Waals surface area contributed by atoms with Crippen LogP contribution in [0.4, 0.5) is 10.1 Å². The van der Waals surface area contributed by atoms with Crippen LogP contribution in [0, 0.1) is 17.1 Å². The van der Waals surface area contributed by atoms with E-state index >= 15 is 0 Å². The van der Waals surface area contributed by atoms with Crippen molar-refractivity contribution in [1.82, 2.24) is 4.98 Å². The summed E-state index contributed by atoms with van der Waals surface area (Å²) in [7, 11) is 3.86. The van der Waals surface area contributed by atoms with Crippen LogP contribution in [0.15, 0.2) is 59.5 Å². The maximum absolute atomic E-state index is 12.9. The Morgan fingerprint density at radius 3 is 2.52 bits per heavy atom. The van der Waals surface area contributed by atoms with Gasteiger partial charge in [-0.2, -0.15) is 5.26 Å². The minimum absolute atomic E-state index is 0.0511. The van der Waals surface area contributed by atoms with Crippen LogP contribution in [0.1, 0.15) is 16.3 Å². The molecule has 0 radical (unpaired) electrons. The van der Waals surface area contributed by atoms with Crippen molar-refractivity contribution in [2.45, 2.75) is 13.2 Å². The highest BCUT2D eigenvalue weighted by molar-refractivity contribution is 7.09. The first-order valence-corrected chi connectivity index (χ1v) is 10.2. The van der Waals surface area contributed by atoms with Gasteiger partial charge in [-0.05, 0) is 48.0 Å². The summed E-state index contributed by atoms with van der Waals surface area (Å²) in [5.74, 6) is -0.509. The molecule has 2 aromatic carbocycles. The number of benzene rings is 2. The number of hydrogen-bond donors (Lipinski definition) is 0. The average molecular weight is 437 g/mol. The molecule has 0 aliphatic heterocycles. The third kappa shape index (κ3) is 6.39. The van der Waals surface area contributed by atoms with Gasteiger partial charge in [-0.15, -0.1) is 11.3 Å². The molecular weight excluding hydrogens is 417 g/mol. The van der Waals surface area contributed by atoms with Gasteiger partial charge in [0, 0.05) is 25.2 Å². The summed E-state index contributed by atoms with van der Waals surface area (Å²) < 4.78 is 23.7. The van der Waals surface area contributed by atoms with Gasteiger partial charge in [0.2, 0.25) is 0 Å². The fourth-order valence-electron chi connectivity index (χ4n) is 2.55. The van der Waals surface area contributed by atoms with Crippen molar-refractivity contribution < 1.29 is 18.7 Å². The maximum atomic E-state index is 12.9. The first kappa shape index (κ1) is 22.0. The normalized spacial score (nSPS) is 11.0. The quantitative estimate of drug-likeness (QED) is 0.292. The lowest BCUT2D eigenvalue weighted by Crippen LogP contribution is -2.08. The van der Waals surface area contributed by atoms with Gasteiger partial charge in [0.1, 0.15) is 41.4 Å². The number of carbonyl (C=O) groups is 1. The Kier molecular flexibility index (Phi) is 7.35. The molecule has 0 saturated heterocycles. The van der Waals surface area contributed by atoms with Gasteiger partial charge in [0.15, 0.2) is 0 Å². The van der Waals surface area contributed by atoms with Gasteiger partial charge in [-0.3, -0.25) is 0 Å². The largest absolute Gasteiger partial charge is 0.486 e. The number of rotatable bonds is 8. The molecule has 0 aliphatic carbocycles. The SMILES string of the molecule is CN(C)c1ccc(C=C(C#N)C(=O)OCc2csc(COc3ccc(F)cc3)n2)cc1. The summed E-state index contributed by atoms with van der Waals surface area (Å²) in [5, 5.41) is 11.8. The number of anilines is 1. The van der Waals surface area contributed by atoms with E-state index in [1.807, 2.05) is 49.3 Å². The van der Waals surface area contributed by atoms with Gasteiger partial charge in [-0.1, -0.05) is 12.1 Å². The number of thiazole rings is 1. The van der Waals surface area contributed by atoms with Gasteiger partial charge < -0.3 is 14.4 Å². The van der Waals surface area contributed by atoms with Crippen LogP contribution in [0.25, 0.3) is 6.08 Å². The zero-order valence-corrected chi connectivity index (χ0v) is 17.9. The molecule has 0 aliphatic rings. The number of nitrogens with zero attached hydrogens (tertiary/aromatic N) is 3. The lowest BCUT2D eigenvalue weighted by atomic mass is 10.1. The van der Waals surface area contributed by atoms with E-state index in [2.05, 4.69) is 4.98 Å². The van der Waals surface area contributed by atoms with Crippen LogP contribution in [0.5, 0.6) is 5.75 Å². The van der Waals surface area contributed by atoms with E-state index in [0.717, 1.165) is 11.3 Å². The van der Waals surface area contributed by atoms with E-state index in [-0.39, 0.29) is 24.6 Å². The summed E-state index contributed by atoms with van der Waals surface area (Å²) in [5.41, 5.74) is 2.21. The number of aromatic nitrogens is 1. The first-order valence-electron chi connectivity index (χ1n) is 9.32. The summed E-state index contributed by atoms with van der Waals surface area (Å²) in [6, 6.07) is 15.0. The Balaban J connectivity index is 1.54. The molecule has 0 atom stereocenters. The van der Waals surface area contributed by atoms with Crippen LogP contribution in [0.2, 0.25) is 0 Å². The molecule has 0 saturated carbocycles. The van der Waals surface area contributed by atoms with Crippen molar-refractivity contribution in [2.24, 2.45) is 0 Å². The number of carbonyl (C=O) groups excluding carboxylic acids is 1. The molecular formula is C23H20FN3O3S. The van der Waals surface area contributed by atoms with E-state index in [9.17, 15) is 14.4 Å². The van der Waals surface area contributed by atoms with E-state index in [4.69, 9.17) is 9.47 Å². The number of hydrogen-bond acceptors (Lipinski definition) is 7. The molecule has 0 amide bonds. The van der Waals surface area contributed by atoms with Crippen molar-refractivity contribution in [3.8, 4) is 11.8 Å². The highest BCUT2D eigenvalue weighted by Crippen LogP contribution is 2.18. The Hall–Kier alpha value is -3.70. The average Bonchev–Trinajstić information content (AvgIpc) is 3.23. The summed E-state index contributed by atoms with van der Waals surface area (Å²) in [4.78, 5) is 18.6. The maximum Gasteiger partial charge on any atom is 0.349 e. The van der Waals surface area contributed by atoms with Crippen molar-refractivity contribution in [2.75, 3.05) is 19.0 Å². The molecule has 0 unspecified atom stereocenters. The molecule has 3 rings (SSSR count). The molecule has 0 N–H and O–H groups in total. The van der Waals surface area contributed by atoms with Crippen molar-refractivity contribution in [3.05, 3.63) is 81.6 Å². The number of nitriles is 1. The smallest absolute Gasteiger partial charge is 0.349 e. The molecule has 8 heteroatoms. The molecule has 0 bridgehead atoms. The molecule has 1 heterocycles. The molecule has 0 spiro atoms. The number of halogens is 1. The summed E-state index contributed by atoms with van der Waals surface area (Å²) in [6.45, 7) is 0.168. The molecule has 6 nitrogen and oxygen atoms in total. The van der Waals surface area contributed by atoms with E-state index in [0.29, 0.717) is 16.5 Å². The topological polar surface area (TPSA) is 75.5 Å². The van der Waals surface area contributed by atoms with Gasteiger partial charge in [0.05, 0.1) is 5.69 Å². The second-order valence-electron chi connectivity index (χ2n) is 6.71.